The van der Waals surface area contributed by atoms with Crippen LogP contribution in [0.15, 0.2) is 41.5 Å². The number of amides is 2. The van der Waals surface area contributed by atoms with E-state index in [2.05, 4.69) is 44.4 Å². The summed E-state index contributed by atoms with van der Waals surface area (Å²) in [4.78, 5) is 24.0. The number of ether oxygens (including phenoxy) is 3. The molecule has 0 aliphatic rings. The molecule has 2 aromatic rings. The molecule has 0 saturated carbocycles. The van der Waals surface area contributed by atoms with Gasteiger partial charge in [0, 0.05) is 5.69 Å². The van der Waals surface area contributed by atoms with Crippen molar-refractivity contribution in [1.29, 1.82) is 0 Å². The van der Waals surface area contributed by atoms with Gasteiger partial charge in [0.25, 0.3) is 0 Å². The van der Waals surface area contributed by atoms with Gasteiger partial charge in [-0.05, 0) is 71.5 Å². The molecule has 0 heterocycles. The predicted molar refractivity (Wildman–Crippen MR) is 127 cm³/mol. The Morgan fingerprint density at radius 1 is 1.19 bits per heavy atom. The molecule has 0 spiro atoms. The highest BCUT2D eigenvalue weighted by molar-refractivity contribution is 14.1. The minimum absolute atomic E-state index is 0.120. The maximum atomic E-state index is 12.0. The van der Waals surface area contributed by atoms with E-state index in [0.29, 0.717) is 35.1 Å². The van der Waals surface area contributed by atoms with E-state index in [9.17, 15) is 9.59 Å². The average Bonchev–Trinajstić information content (AvgIpc) is 2.74. The lowest BCUT2D eigenvalue weighted by molar-refractivity contribution is -0.126. The van der Waals surface area contributed by atoms with Crippen molar-refractivity contribution in [2.75, 3.05) is 25.6 Å². The van der Waals surface area contributed by atoms with Crippen LogP contribution >= 0.6 is 22.6 Å². The van der Waals surface area contributed by atoms with Gasteiger partial charge in [0.15, 0.2) is 11.5 Å². The van der Waals surface area contributed by atoms with Crippen LogP contribution in [0.25, 0.3) is 0 Å². The molecule has 2 aromatic carbocycles. The maximum absolute atomic E-state index is 12.0. The van der Waals surface area contributed by atoms with Crippen molar-refractivity contribution in [3.63, 3.8) is 0 Å². The van der Waals surface area contributed by atoms with Gasteiger partial charge in [-0.15, -0.1) is 6.42 Å². The zero-order valence-corrected chi connectivity index (χ0v) is 19.3. The van der Waals surface area contributed by atoms with Gasteiger partial charge in [0.2, 0.25) is 11.8 Å². The number of carbonyl (C=O) groups excluding carboxylic acids is 2. The number of nitrogens with one attached hydrogen (secondary N) is 2. The first kappa shape index (κ1) is 24.0. The molecule has 0 fully saturated rings. The van der Waals surface area contributed by atoms with Crippen LogP contribution in [-0.4, -0.2) is 38.4 Å². The second-order valence-corrected chi connectivity index (χ2v) is 7.16. The smallest absolute Gasteiger partial charge is 0.249 e. The summed E-state index contributed by atoms with van der Waals surface area (Å²) in [5.41, 5.74) is 3.57. The minimum Gasteiger partial charge on any atom is -0.494 e. The number of hydrogen-bond donors (Lipinski definition) is 2. The van der Waals surface area contributed by atoms with E-state index in [1.165, 1.54) is 13.3 Å². The summed E-state index contributed by atoms with van der Waals surface area (Å²) in [6, 6.07) is 10.4. The van der Waals surface area contributed by atoms with E-state index >= 15 is 0 Å². The van der Waals surface area contributed by atoms with Crippen LogP contribution in [0.3, 0.4) is 0 Å². The fourth-order valence-corrected chi connectivity index (χ4v) is 3.22. The van der Waals surface area contributed by atoms with E-state index in [-0.39, 0.29) is 13.0 Å². The summed E-state index contributed by atoms with van der Waals surface area (Å²) in [5, 5.41) is 6.53. The third-order valence-corrected chi connectivity index (χ3v) is 4.53. The Bertz CT molecular complexity index is 984. The van der Waals surface area contributed by atoms with Gasteiger partial charge in [0.05, 0.1) is 23.5 Å². The quantitative estimate of drug-likeness (QED) is 0.160. The van der Waals surface area contributed by atoms with Crippen molar-refractivity contribution in [2.45, 2.75) is 13.3 Å². The monoisotopic (exact) mass is 535 g/mol. The van der Waals surface area contributed by atoms with Crippen LogP contribution in [-0.2, 0) is 9.59 Å². The fourth-order valence-electron chi connectivity index (χ4n) is 2.44. The molecule has 0 atom stereocenters. The van der Waals surface area contributed by atoms with Crippen molar-refractivity contribution < 1.29 is 23.8 Å². The van der Waals surface area contributed by atoms with Crippen molar-refractivity contribution in [2.24, 2.45) is 5.10 Å². The summed E-state index contributed by atoms with van der Waals surface area (Å²) >= 11 is 2.09. The lowest BCUT2D eigenvalue weighted by Gasteiger charge is -2.11. The summed E-state index contributed by atoms with van der Waals surface area (Å²) in [6.45, 7) is 2.56. The molecule has 0 radical (unpaired) electrons. The van der Waals surface area contributed by atoms with Crippen LogP contribution in [0.5, 0.6) is 17.2 Å². The SMILES string of the molecule is C#CCOc1c(I)cc(C=NNC(=O)CC(=O)Nc2ccc(OCC)cc2)cc1OC. The van der Waals surface area contributed by atoms with E-state index in [4.69, 9.17) is 20.6 Å². The highest BCUT2D eigenvalue weighted by Crippen LogP contribution is 2.33. The van der Waals surface area contributed by atoms with Gasteiger partial charge in [-0.3, -0.25) is 9.59 Å². The van der Waals surface area contributed by atoms with Crippen LogP contribution < -0.4 is 25.0 Å². The van der Waals surface area contributed by atoms with E-state index in [1.54, 1.807) is 36.4 Å². The number of hydrogen-bond acceptors (Lipinski definition) is 6. The zero-order valence-electron chi connectivity index (χ0n) is 17.1. The third kappa shape index (κ3) is 7.82. The molecular formula is C22H22IN3O5. The first-order valence-corrected chi connectivity index (χ1v) is 10.3. The molecule has 2 rings (SSSR count). The molecule has 2 amide bonds. The molecular weight excluding hydrogens is 513 g/mol. The standard InChI is InChI=1S/C22H22IN3O5/c1-4-10-31-22-18(23)11-15(12-19(22)29-3)14-24-26-21(28)13-20(27)25-16-6-8-17(9-7-16)30-5-2/h1,6-9,11-12,14H,5,10,13H2,2-3H3,(H,25,27)(H,26,28). The molecule has 8 nitrogen and oxygen atoms in total. The molecule has 2 N–H and O–H groups in total. The Labute approximate surface area is 194 Å². The Kier molecular flexibility index (Phi) is 9.64. The summed E-state index contributed by atoms with van der Waals surface area (Å²) < 4.78 is 16.9. The van der Waals surface area contributed by atoms with Crippen molar-refractivity contribution in [3.8, 4) is 29.6 Å². The lowest BCUT2D eigenvalue weighted by atomic mass is 10.2. The first-order valence-electron chi connectivity index (χ1n) is 9.25. The molecule has 0 saturated heterocycles. The van der Waals surface area contributed by atoms with Gasteiger partial charge < -0.3 is 19.5 Å². The van der Waals surface area contributed by atoms with Gasteiger partial charge in [-0.25, -0.2) is 5.43 Å². The highest BCUT2D eigenvalue weighted by Gasteiger charge is 2.12. The number of methoxy groups -OCH3 is 1. The summed E-state index contributed by atoms with van der Waals surface area (Å²) in [6.07, 6.45) is 6.29. The van der Waals surface area contributed by atoms with Crippen molar-refractivity contribution in [1.82, 2.24) is 5.43 Å². The number of halogens is 1. The van der Waals surface area contributed by atoms with Crippen LogP contribution in [0.1, 0.15) is 18.9 Å². The van der Waals surface area contributed by atoms with Crippen LogP contribution in [0.2, 0.25) is 0 Å². The number of anilines is 1. The van der Waals surface area contributed by atoms with E-state index < -0.39 is 11.8 Å². The number of hydrazone groups is 1. The van der Waals surface area contributed by atoms with Crippen LogP contribution in [0, 0.1) is 15.9 Å². The number of terminal acetylenes is 1. The molecule has 31 heavy (non-hydrogen) atoms. The van der Waals surface area contributed by atoms with Crippen LogP contribution in [0.4, 0.5) is 5.69 Å². The summed E-state index contributed by atoms with van der Waals surface area (Å²) in [5.74, 6) is 3.13. The first-order chi connectivity index (χ1) is 15.0. The lowest BCUT2D eigenvalue weighted by Crippen LogP contribution is -2.24. The second kappa shape index (κ2) is 12.4. The highest BCUT2D eigenvalue weighted by atomic mass is 127. The third-order valence-electron chi connectivity index (χ3n) is 3.72. The van der Waals surface area contributed by atoms with Crippen molar-refractivity contribution >= 4 is 46.3 Å². The van der Waals surface area contributed by atoms with Gasteiger partial charge in [0.1, 0.15) is 18.8 Å². The largest absolute Gasteiger partial charge is 0.494 e. The Morgan fingerprint density at radius 2 is 1.94 bits per heavy atom. The van der Waals surface area contributed by atoms with Gasteiger partial charge in [-0.2, -0.15) is 5.10 Å². The van der Waals surface area contributed by atoms with Gasteiger partial charge >= 0.3 is 0 Å². The number of carbonyl (C=O) groups is 2. The van der Waals surface area contributed by atoms with Gasteiger partial charge in [-0.1, -0.05) is 5.92 Å². The second-order valence-electron chi connectivity index (χ2n) is 6.00. The van der Waals surface area contributed by atoms with E-state index in [1.807, 2.05) is 6.92 Å². The number of nitrogens with zero attached hydrogens (tertiary/aromatic N) is 1. The molecule has 0 aliphatic carbocycles. The molecule has 162 valence electrons. The zero-order chi connectivity index (χ0) is 22.6. The normalized spacial score (nSPS) is 10.3. The Morgan fingerprint density at radius 3 is 2.58 bits per heavy atom. The Hall–Kier alpha value is -3.26. The topological polar surface area (TPSA) is 98.2 Å². The Balaban J connectivity index is 1.89. The number of rotatable bonds is 10. The maximum Gasteiger partial charge on any atom is 0.249 e. The van der Waals surface area contributed by atoms with Crippen molar-refractivity contribution in [3.05, 3.63) is 45.5 Å². The average molecular weight is 535 g/mol. The molecule has 0 aliphatic heterocycles. The minimum atomic E-state index is -0.546. The molecule has 0 bridgehead atoms. The molecule has 9 heteroatoms. The number of benzene rings is 2. The molecule has 0 unspecified atom stereocenters. The summed E-state index contributed by atoms with van der Waals surface area (Å²) in [7, 11) is 1.51. The molecule has 0 aromatic heterocycles. The van der Waals surface area contributed by atoms with E-state index in [0.717, 1.165) is 3.57 Å². The predicted octanol–water partition coefficient (Wildman–Crippen LogP) is 3.19. The fraction of sp³-hybridized carbons (Fsp3) is 0.227.